The lowest BCUT2D eigenvalue weighted by molar-refractivity contribution is 1.41. The predicted octanol–water partition coefficient (Wildman–Crippen LogP) is 13.6. The molecule has 0 unspecified atom stereocenters. The van der Waals surface area contributed by atoms with Gasteiger partial charge in [-0.3, -0.25) is 0 Å². The molecule has 0 aliphatic heterocycles. The lowest BCUT2D eigenvalue weighted by Gasteiger charge is -2.19. The number of aromatic nitrogens is 2. The van der Waals surface area contributed by atoms with Gasteiger partial charge in [-0.2, -0.15) is 0 Å². The van der Waals surface area contributed by atoms with Crippen LogP contribution in [0.3, 0.4) is 0 Å². The normalized spacial score (nSPS) is 11.3. The van der Waals surface area contributed by atoms with E-state index in [2.05, 4.69) is 170 Å². The molecule has 0 amide bonds. The highest BCUT2D eigenvalue weighted by atomic mass is 14.8. The van der Waals surface area contributed by atoms with E-state index in [0.29, 0.717) is 0 Å². The highest BCUT2D eigenvalue weighted by Crippen LogP contribution is 2.52. The van der Waals surface area contributed by atoms with Crippen molar-refractivity contribution in [2.45, 2.75) is 41.5 Å². The molecular formula is C46H44N2. The van der Waals surface area contributed by atoms with E-state index in [0.717, 1.165) is 22.4 Å². The summed E-state index contributed by atoms with van der Waals surface area (Å²) < 4.78 is 0. The fourth-order valence-corrected chi connectivity index (χ4v) is 6.71. The van der Waals surface area contributed by atoms with E-state index >= 15 is 0 Å². The molecule has 0 bridgehead atoms. The zero-order valence-electron chi connectivity index (χ0n) is 28.9. The van der Waals surface area contributed by atoms with Crippen LogP contribution in [0.4, 0.5) is 0 Å². The second-order valence-corrected chi connectivity index (χ2v) is 11.0. The number of nitrogens with one attached hydrogen (secondary N) is 2. The number of rotatable bonds is 3. The lowest BCUT2D eigenvalue weighted by Crippen LogP contribution is -1.95. The van der Waals surface area contributed by atoms with Crippen molar-refractivity contribution < 1.29 is 0 Å². The molecule has 0 spiro atoms. The third-order valence-electron chi connectivity index (χ3n) is 8.63. The van der Waals surface area contributed by atoms with Gasteiger partial charge in [-0.15, -0.1) is 12.8 Å². The highest BCUT2D eigenvalue weighted by molar-refractivity contribution is 6.16. The first kappa shape index (κ1) is 33.6. The van der Waals surface area contributed by atoms with Gasteiger partial charge >= 0.3 is 0 Å². The van der Waals surface area contributed by atoms with Gasteiger partial charge in [0.05, 0.1) is 11.4 Å². The first-order valence-electron chi connectivity index (χ1n) is 16.9. The molecule has 2 aromatic heterocycles. The molecule has 2 nitrogen and oxygen atoms in total. The zero-order chi connectivity index (χ0) is 34.2. The summed E-state index contributed by atoms with van der Waals surface area (Å²) in [5.74, 6) is 0. The fourth-order valence-electron chi connectivity index (χ4n) is 6.71. The van der Waals surface area contributed by atoms with E-state index in [-0.39, 0.29) is 0 Å². The quantitative estimate of drug-likeness (QED) is 0.145. The summed E-state index contributed by atoms with van der Waals surface area (Å²) in [4.78, 5) is 7.68. The van der Waals surface area contributed by atoms with Gasteiger partial charge in [0.2, 0.25) is 0 Å². The first-order valence-corrected chi connectivity index (χ1v) is 16.9. The molecule has 0 atom stereocenters. The molecule has 48 heavy (non-hydrogen) atoms. The number of benzene rings is 5. The van der Waals surface area contributed by atoms with Crippen LogP contribution < -0.4 is 0 Å². The average molecular weight is 625 g/mol. The molecule has 1 aliphatic rings. The number of H-pyrrole nitrogens is 2. The summed E-state index contributed by atoms with van der Waals surface area (Å²) in [5, 5.41) is 2.48. The van der Waals surface area contributed by atoms with Crippen LogP contribution in [-0.2, 0) is 0 Å². The number of allylic oxidation sites excluding steroid dienone is 4. The average Bonchev–Trinajstić information content (AvgIpc) is 3.74. The van der Waals surface area contributed by atoms with Crippen molar-refractivity contribution in [3.05, 3.63) is 139 Å². The fraction of sp³-hybridized carbons (Fsp3) is 0.130. The van der Waals surface area contributed by atoms with Crippen molar-refractivity contribution >= 4 is 27.4 Å². The summed E-state index contributed by atoms with van der Waals surface area (Å²) >= 11 is 0. The second kappa shape index (κ2) is 15.2. The summed E-state index contributed by atoms with van der Waals surface area (Å²) in [5.41, 5.74) is 16.9. The van der Waals surface area contributed by atoms with Gasteiger partial charge < -0.3 is 9.97 Å². The van der Waals surface area contributed by atoms with Crippen LogP contribution in [0.25, 0.3) is 83.3 Å². The number of fused-ring (bicyclic) bond motifs is 12. The molecule has 2 heterocycles. The maximum absolute atomic E-state index is 4.00. The molecule has 0 fully saturated rings. The van der Waals surface area contributed by atoms with Crippen molar-refractivity contribution in [1.82, 2.24) is 9.97 Å². The molecule has 2 heteroatoms. The monoisotopic (exact) mass is 624 g/mol. The summed E-state index contributed by atoms with van der Waals surface area (Å²) in [6.45, 7) is 12.2. The van der Waals surface area contributed by atoms with E-state index in [4.69, 9.17) is 0 Å². The minimum absolute atomic E-state index is 1.14. The van der Waals surface area contributed by atoms with Gasteiger partial charge in [0, 0.05) is 44.1 Å². The second-order valence-electron chi connectivity index (χ2n) is 11.0. The topological polar surface area (TPSA) is 31.6 Å². The first-order chi connectivity index (χ1) is 23.7. The number of terminal acetylenes is 1. The van der Waals surface area contributed by atoms with Gasteiger partial charge in [0.25, 0.3) is 0 Å². The minimum Gasteiger partial charge on any atom is -0.354 e. The lowest BCUT2D eigenvalue weighted by atomic mass is 9.84. The maximum atomic E-state index is 4.00. The van der Waals surface area contributed by atoms with Crippen LogP contribution >= 0.6 is 0 Å². The molecular weight excluding hydrogens is 581 g/mol. The number of aromatic amines is 2. The van der Waals surface area contributed by atoms with Crippen molar-refractivity contribution in [3.8, 4) is 68.7 Å². The van der Waals surface area contributed by atoms with Crippen LogP contribution in [0.1, 0.15) is 47.1 Å². The Morgan fingerprint density at radius 2 is 1.00 bits per heavy atom. The van der Waals surface area contributed by atoms with Gasteiger partial charge in [-0.05, 0) is 71.5 Å². The van der Waals surface area contributed by atoms with E-state index in [1.54, 1.807) is 0 Å². The van der Waals surface area contributed by atoms with Crippen LogP contribution in [-0.4, -0.2) is 9.97 Å². The molecule has 0 radical (unpaired) electrons. The Bertz CT molecular complexity index is 2250. The van der Waals surface area contributed by atoms with E-state index in [1.165, 1.54) is 66.4 Å². The van der Waals surface area contributed by atoms with Gasteiger partial charge in [0.1, 0.15) is 0 Å². The minimum atomic E-state index is 1.14. The standard InChI is InChI=1S/C40H30N2.2C2H6.C2H2/c1-3-12-25(4-2)27-19-21-35-33(23-27)37-29-15-8-9-16-30(29)38-34-24-28(26-13-6-5-7-14-26)20-22-36(34)42-40(38)32-18-11-10-17-31(32)39(37)41-35;3*1-2/h3-24,41-42H,1-2H3;2*1-2H3;1-2H/b12-3-,25-4+,37-29?,38-30?,39-31?,40-32?;;;. The summed E-state index contributed by atoms with van der Waals surface area (Å²) in [7, 11) is 0. The van der Waals surface area contributed by atoms with Crippen LogP contribution in [0, 0.1) is 12.8 Å². The van der Waals surface area contributed by atoms with E-state index in [1.807, 2.05) is 27.7 Å². The van der Waals surface area contributed by atoms with E-state index < -0.39 is 0 Å². The Morgan fingerprint density at radius 1 is 0.521 bits per heavy atom. The maximum Gasteiger partial charge on any atom is 0.0551 e. The SMILES string of the molecule is C#C.C/C=C\C(=C/C)c1ccc2[nH]c3c(c2c1)-c1ccccc1-c1c([nH]c2ccc(-c4ccccc4)cc12)-c1ccccc1-3.CC.CC. The molecule has 2 N–H and O–H groups in total. The molecule has 238 valence electrons. The van der Waals surface area contributed by atoms with Gasteiger partial charge in [-0.25, -0.2) is 0 Å². The Morgan fingerprint density at radius 3 is 1.52 bits per heavy atom. The zero-order valence-corrected chi connectivity index (χ0v) is 28.9. The smallest absolute Gasteiger partial charge is 0.0551 e. The summed E-state index contributed by atoms with van der Waals surface area (Å²) in [6.07, 6.45) is 14.5. The molecule has 0 saturated carbocycles. The van der Waals surface area contributed by atoms with E-state index in [9.17, 15) is 0 Å². The largest absolute Gasteiger partial charge is 0.354 e. The van der Waals surface area contributed by atoms with Crippen LogP contribution in [0.2, 0.25) is 0 Å². The van der Waals surface area contributed by atoms with Gasteiger partial charge in [0.15, 0.2) is 0 Å². The third-order valence-corrected chi connectivity index (χ3v) is 8.63. The molecule has 8 rings (SSSR count). The van der Waals surface area contributed by atoms with Crippen molar-refractivity contribution in [2.24, 2.45) is 0 Å². The predicted molar refractivity (Wildman–Crippen MR) is 212 cm³/mol. The highest BCUT2D eigenvalue weighted by Gasteiger charge is 2.27. The Labute approximate surface area is 285 Å². The Kier molecular flexibility index (Phi) is 10.6. The number of hydrogen-bond donors (Lipinski definition) is 2. The third kappa shape index (κ3) is 5.81. The Balaban J connectivity index is 0.000000713. The molecule has 0 saturated heterocycles. The molecule has 7 aromatic rings. The number of hydrogen-bond acceptors (Lipinski definition) is 0. The summed E-state index contributed by atoms with van der Waals surface area (Å²) in [6, 6.07) is 42.0. The van der Waals surface area contributed by atoms with Crippen LogP contribution in [0.15, 0.2) is 133 Å². The van der Waals surface area contributed by atoms with Crippen LogP contribution in [0.5, 0.6) is 0 Å². The molecule has 1 aliphatic carbocycles. The van der Waals surface area contributed by atoms with Crippen molar-refractivity contribution in [1.29, 1.82) is 0 Å². The van der Waals surface area contributed by atoms with Gasteiger partial charge in [-0.1, -0.05) is 137 Å². The Hall–Kier alpha value is -5.78. The molecule has 5 aromatic carbocycles. The van der Waals surface area contributed by atoms with Crippen molar-refractivity contribution in [2.75, 3.05) is 0 Å². The van der Waals surface area contributed by atoms with Crippen molar-refractivity contribution in [3.63, 3.8) is 0 Å².